The Hall–Kier alpha value is -2.22. The average Bonchev–Trinajstić information content (AvgIpc) is 2.80. The summed E-state index contributed by atoms with van der Waals surface area (Å²) in [6.07, 6.45) is 9.23. The van der Waals surface area contributed by atoms with Gasteiger partial charge >= 0.3 is 0 Å². The van der Waals surface area contributed by atoms with Crippen LogP contribution in [0.1, 0.15) is 25.7 Å². The number of pyridine rings is 2. The van der Waals surface area contributed by atoms with Crippen LogP contribution in [0.25, 0.3) is 11.1 Å². The van der Waals surface area contributed by atoms with Gasteiger partial charge in [0.05, 0.1) is 16.6 Å². The number of hydrogen-bond donors (Lipinski definition) is 3. The molecule has 160 valence electrons. The summed E-state index contributed by atoms with van der Waals surface area (Å²) in [5.74, 6) is 1.08. The summed E-state index contributed by atoms with van der Waals surface area (Å²) in [7, 11) is 0. The third-order valence-corrected chi connectivity index (χ3v) is 6.06. The lowest BCUT2D eigenvalue weighted by Crippen LogP contribution is -2.37. The number of piperidine rings is 1. The summed E-state index contributed by atoms with van der Waals surface area (Å²) < 4.78 is 5.43. The van der Waals surface area contributed by atoms with Crippen molar-refractivity contribution in [1.82, 2.24) is 15.3 Å². The van der Waals surface area contributed by atoms with Crippen molar-refractivity contribution in [1.29, 1.82) is 0 Å². The van der Waals surface area contributed by atoms with Gasteiger partial charge in [-0.15, -0.1) is 0 Å². The van der Waals surface area contributed by atoms with Crippen molar-refractivity contribution in [2.75, 3.05) is 43.5 Å². The van der Waals surface area contributed by atoms with Gasteiger partial charge in [-0.3, -0.25) is 9.78 Å². The Kier molecular flexibility index (Phi) is 7.15. The van der Waals surface area contributed by atoms with Crippen LogP contribution in [-0.4, -0.2) is 48.7 Å². The van der Waals surface area contributed by atoms with Crippen LogP contribution < -0.4 is 16.0 Å². The van der Waals surface area contributed by atoms with Gasteiger partial charge in [0.2, 0.25) is 5.91 Å². The fourth-order valence-corrected chi connectivity index (χ4v) is 4.14. The van der Waals surface area contributed by atoms with Gasteiger partial charge in [-0.25, -0.2) is 4.98 Å². The van der Waals surface area contributed by atoms with Crippen molar-refractivity contribution >= 4 is 29.0 Å². The van der Waals surface area contributed by atoms with Crippen LogP contribution in [0.5, 0.6) is 0 Å². The molecule has 0 saturated carbocycles. The third-order valence-electron chi connectivity index (χ3n) is 5.76. The van der Waals surface area contributed by atoms with Crippen LogP contribution >= 0.6 is 11.6 Å². The summed E-state index contributed by atoms with van der Waals surface area (Å²) in [4.78, 5) is 21.2. The molecule has 8 heteroatoms. The topological polar surface area (TPSA) is 88.2 Å². The molecular formula is C22H28ClN5O2. The fraction of sp³-hybridized carbons (Fsp3) is 0.500. The maximum Gasteiger partial charge on any atom is 0.229 e. The van der Waals surface area contributed by atoms with Crippen molar-refractivity contribution < 1.29 is 9.53 Å². The van der Waals surface area contributed by atoms with Crippen LogP contribution in [-0.2, 0) is 9.53 Å². The number of rotatable bonds is 6. The zero-order valence-electron chi connectivity index (χ0n) is 17.0. The minimum absolute atomic E-state index is 0.00650. The van der Waals surface area contributed by atoms with E-state index < -0.39 is 0 Å². The molecule has 4 heterocycles. The number of nitrogens with one attached hydrogen (secondary N) is 3. The second-order valence-corrected chi connectivity index (χ2v) is 8.39. The van der Waals surface area contributed by atoms with Gasteiger partial charge in [-0.05, 0) is 50.3 Å². The summed E-state index contributed by atoms with van der Waals surface area (Å²) in [5, 5.41) is 10.2. The van der Waals surface area contributed by atoms with Crippen molar-refractivity contribution in [3.05, 3.63) is 35.7 Å². The van der Waals surface area contributed by atoms with Gasteiger partial charge < -0.3 is 20.7 Å². The molecule has 4 rings (SSSR count). The summed E-state index contributed by atoms with van der Waals surface area (Å²) >= 11 is 6.42. The smallest absolute Gasteiger partial charge is 0.229 e. The van der Waals surface area contributed by atoms with Crippen LogP contribution in [0.4, 0.5) is 11.5 Å². The number of anilines is 2. The van der Waals surface area contributed by atoms with Crippen LogP contribution in [0.2, 0.25) is 5.02 Å². The van der Waals surface area contributed by atoms with Crippen molar-refractivity contribution in [3.63, 3.8) is 0 Å². The Balaban J connectivity index is 1.45. The summed E-state index contributed by atoms with van der Waals surface area (Å²) in [6, 6.07) is 3.85. The lowest BCUT2D eigenvalue weighted by Gasteiger charge is -2.22. The van der Waals surface area contributed by atoms with Gasteiger partial charge in [-0.1, -0.05) is 11.6 Å². The lowest BCUT2D eigenvalue weighted by molar-refractivity contribution is -0.120. The SMILES string of the molecule is O=C(Nc1cc(-c2cncc(NCC3CCOCC3)c2)c(Cl)cn1)[C@@H]1CCCNC1. The molecule has 0 aliphatic carbocycles. The highest BCUT2D eigenvalue weighted by Crippen LogP contribution is 2.30. The highest BCUT2D eigenvalue weighted by molar-refractivity contribution is 6.33. The maximum atomic E-state index is 12.5. The Morgan fingerprint density at radius 1 is 1.20 bits per heavy atom. The van der Waals surface area contributed by atoms with E-state index in [0.717, 1.165) is 68.8 Å². The van der Waals surface area contributed by atoms with Gasteiger partial charge in [0.25, 0.3) is 0 Å². The molecule has 7 nitrogen and oxygen atoms in total. The molecule has 0 unspecified atom stereocenters. The normalized spacial score (nSPS) is 20.0. The molecule has 2 saturated heterocycles. The van der Waals surface area contributed by atoms with E-state index in [1.54, 1.807) is 12.4 Å². The second-order valence-electron chi connectivity index (χ2n) is 7.98. The molecule has 3 N–H and O–H groups in total. The molecule has 2 fully saturated rings. The Morgan fingerprint density at radius 3 is 2.87 bits per heavy atom. The molecule has 0 bridgehead atoms. The molecule has 0 radical (unpaired) electrons. The number of carbonyl (C=O) groups is 1. The Morgan fingerprint density at radius 2 is 2.07 bits per heavy atom. The van der Waals surface area contributed by atoms with Crippen molar-refractivity contribution in [3.8, 4) is 11.1 Å². The third kappa shape index (κ3) is 5.47. The minimum atomic E-state index is -0.0286. The number of halogens is 1. The highest BCUT2D eigenvalue weighted by atomic mass is 35.5. The molecule has 1 atom stereocenters. The summed E-state index contributed by atoms with van der Waals surface area (Å²) in [6.45, 7) is 4.25. The van der Waals surface area contributed by atoms with Crippen LogP contribution in [0.3, 0.4) is 0 Å². The predicted octanol–water partition coefficient (Wildman–Crippen LogP) is 3.57. The average molecular weight is 430 g/mol. The first-order valence-corrected chi connectivity index (χ1v) is 11.0. The zero-order chi connectivity index (χ0) is 20.8. The van der Waals surface area contributed by atoms with E-state index in [4.69, 9.17) is 16.3 Å². The highest BCUT2D eigenvalue weighted by Gasteiger charge is 2.21. The summed E-state index contributed by atoms with van der Waals surface area (Å²) in [5.41, 5.74) is 2.63. The number of hydrogen-bond acceptors (Lipinski definition) is 6. The molecule has 0 spiro atoms. The van der Waals surface area contributed by atoms with Crippen molar-refractivity contribution in [2.45, 2.75) is 25.7 Å². The number of aromatic nitrogens is 2. The van der Waals surface area contributed by atoms with Crippen LogP contribution in [0, 0.1) is 11.8 Å². The molecule has 2 aromatic heterocycles. The van der Waals surface area contributed by atoms with E-state index in [9.17, 15) is 4.79 Å². The molecule has 2 aromatic rings. The maximum absolute atomic E-state index is 12.5. The van der Waals surface area contributed by atoms with Gasteiger partial charge in [-0.2, -0.15) is 0 Å². The van der Waals surface area contributed by atoms with Gasteiger partial charge in [0, 0.05) is 56.0 Å². The van der Waals surface area contributed by atoms with Crippen LogP contribution in [0.15, 0.2) is 30.7 Å². The van der Waals surface area contributed by atoms with E-state index >= 15 is 0 Å². The number of amides is 1. The number of nitrogens with zero attached hydrogens (tertiary/aromatic N) is 2. The molecule has 2 aliphatic rings. The first-order valence-electron chi connectivity index (χ1n) is 10.6. The zero-order valence-corrected chi connectivity index (χ0v) is 17.8. The first kappa shape index (κ1) is 21.0. The number of carbonyl (C=O) groups excluding carboxylic acids is 1. The second kappa shape index (κ2) is 10.2. The fourth-order valence-electron chi connectivity index (χ4n) is 3.93. The monoisotopic (exact) mass is 429 g/mol. The predicted molar refractivity (Wildman–Crippen MR) is 119 cm³/mol. The molecule has 1 amide bonds. The molecule has 2 aliphatic heterocycles. The molecular weight excluding hydrogens is 402 g/mol. The van der Waals surface area contributed by atoms with E-state index in [2.05, 4.69) is 25.9 Å². The molecule has 0 aromatic carbocycles. The van der Waals surface area contributed by atoms with E-state index in [1.165, 1.54) is 0 Å². The molecule has 30 heavy (non-hydrogen) atoms. The Labute approximate surface area is 182 Å². The van der Waals surface area contributed by atoms with Gasteiger partial charge in [0.1, 0.15) is 5.82 Å². The number of ether oxygens (including phenoxy) is 1. The van der Waals surface area contributed by atoms with E-state index in [-0.39, 0.29) is 11.8 Å². The minimum Gasteiger partial charge on any atom is -0.384 e. The van der Waals surface area contributed by atoms with E-state index in [0.29, 0.717) is 23.3 Å². The van der Waals surface area contributed by atoms with Gasteiger partial charge in [0.15, 0.2) is 0 Å². The quantitative estimate of drug-likeness (QED) is 0.650. The first-order chi connectivity index (χ1) is 14.7. The largest absolute Gasteiger partial charge is 0.384 e. The van der Waals surface area contributed by atoms with E-state index in [1.807, 2.05) is 18.3 Å². The Bertz CT molecular complexity index is 866. The lowest BCUT2D eigenvalue weighted by atomic mass is 9.99. The van der Waals surface area contributed by atoms with Crippen molar-refractivity contribution in [2.24, 2.45) is 11.8 Å². The standard InChI is InChI=1S/C22H28ClN5O2/c23-20-14-27-21(28-22(29)16-2-1-5-24-11-16)9-19(20)17-8-18(13-25-12-17)26-10-15-3-6-30-7-4-15/h8-9,12-16,24,26H,1-7,10-11H2,(H,27,28,29)/t16-/m1/s1.